The van der Waals surface area contributed by atoms with E-state index in [0.29, 0.717) is 0 Å². The Morgan fingerprint density at radius 1 is 0.821 bits per heavy atom. The molecule has 0 saturated carbocycles. The summed E-state index contributed by atoms with van der Waals surface area (Å²) < 4.78 is 8.67. The minimum absolute atomic E-state index is 0.0717. The van der Waals surface area contributed by atoms with Crippen LogP contribution in [-0.4, -0.2) is 9.55 Å². The molecule has 3 aromatic rings. The monoisotopic (exact) mass is 374 g/mol. The molecule has 28 heavy (non-hydrogen) atoms. The second kappa shape index (κ2) is 4.82. The van der Waals surface area contributed by atoms with Crippen molar-refractivity contribution in [3.63, 3.8) is 0 Å². The molecule has 0 unspecified atom stereocenters. The van der Waals surface area contributed by atoms with Crippen molar-refractivity contribution in [2.24, 2.45) is 5.41 Å². The van der Waals surface area contributed by atoms with E-state index in [4.69, 9.17) is 9.72 Å². The largest absolute Gasteiger partial charge is 0.467 e. The molecule has 1 aliphatic carbocycles. The molecule has 1 aromatic heterocycles. The van der Waals surface area contributed by atoms with Gasteiger partial charge in [0, 0.05) is 0 Å². The van der Waals surface area contributed by atoms with Crippen LogP contribution in [0.3, 0.4) is 0 Å². The number of hydrogen-bond acceptors (Lipinski definition) is 2. The van der Waals surface area contributed by atoms with Gasteiger partial charge >= 0.3 is 0 Å². The van der Waals surface area contributed by atoms with Crippen molar-refractivity contribution in [2.75, 3.05) is 0 Å². The van der Waals surface area contributed by atoms with Crippen LogP contribution in [-0.2, 0) is 16.6 Å². The Morgan fingerprint density at radius 3 is 2.11 bits per heavy atom. The molecule has 2 aromatic carbocycles. The fraction of sp³-hybridized carbons (Fsp3) is 0.480. The zero-order valence-corrected chi connectivity index (χ0v) is 18.3. The minimum Gasteiger partial charge on any atom is -0.467 e. The van der Waals surface area contributed by atoms with Gasteiger partial charge in [0.05, 0.1) is 16.6 Å². The van der Waals surface area contributed by atoms with Crippen molar-refractivity contribution >= 4 is 11.0 Å². The molecule has 3 heteroatoms. The fourth-order valence-electron chi connectivity index (χ4n) is 5.39. The topological polar surface area (TPSA) is 27.1 Å². The summed E-state index contributed by atoms with van der Waals surface area (Å²) in [5.74, 6) is 1.91. The molecule has 0 saturated heterocycles. The van der Waals surface area contributed by atoms with E-state index in [1.54, 1.807) is 0 Å². The molecular weight excluding hydrogens is 344 g/mol. The van der Waals surface area contributed by atoms with E-state index in [9.17, 15) is 0 Å². The van der Waals surface area contributed by atoms with Gasteiger partial charge in [0.2, 0.25) is 0 Å². The number of nitrogens with zero attached hydrogens (tertiary/aromatic N) is 2. The molecular formula is C25H30N2O. The molecule has 0 amide bonds. The fourth-order valence-corrected chi connectivity index (χ4v) is 5.39. The number of rotatable bonds is 0. The lowest BCUT2D eigenvalue weighted by atomic mass is 9.59. The minimum atomic E-state index is -0.486. The number of fused-ring (bicyclic) bond motifs is 6. The van der Waals surface area contributed by atoms with Gasteiger partial charge in [0.15, 0.2) is 5.72 Å². The summed E-state index contributed by atoms with van der Waals surface area (Å²) in [6.45, 7) is 18.6. The van der Waals surface area contributed by atoms with Crippen LogP contribution in [0.25, 0.3) is 22.4 Å². The van der Waals surface area contributed by atoms with Crippen LogP contribution in [0.1, 0.15) is 66.5 Å². The highest BCUT2D eigenvalue weighted by atomic mass is 16.5. The highest BCUT2D eigenvalue weighted by Gasteiger charge is 2.57. The highest BCUT2D eigenvalue weighted by molar-refractivity contribution is 5.85. The molecule has 0 atom stereocenters. The summed E-state index contributed by atoms with van der Waals surface area (Å²) in [6, 6.07) is 12.9. The molecule has 5 rings (SSSR count). The number of hydrogen-bond donors (Lipinski definition) is 0. The zero-order chi connectivity index (χ0) is 20.3. The lowest BCUT2D eigenvalue weighted by Gasteiger charge is -2.44. The third kappa shape index (κ3) is 1.83. The summed E-state index contributed by atoms with van der Waals surface area (Å²) in [6.07, 6.45) is 0. The van der Waals surface area contributed by atoms with Crippen LogP contribution >= 0.6 is 0 Å². The first-order valence-electron chi connectivity index (χ1n) is 10.3. The summed E-state index contributed by atoms with van der Waals surface area (Å²) in [7, 11) is 0. The Balaban J connectivity index is 1.88. The molecule has 146 valence electrons. The van der Waals surface area contributed by atoms with Gasteiger partial charge in [0.25, 0.3) is 0 Å². The predicted octanol–water partition coefficient (Wildman–Crippen LogP) is 6.38. The Morgan fingerprint density at radius 2 is 1.43 bits per heavy atom. The van der Waals surface area contributed by atoms with Crippen LogP contribution in [0.15, 0.2) is 36.4 Å². The van der Waals surface area contributed by atoms with E-state index in [0.717, 1.165) is 28.2 Å². The second-order valence-electron chi connectivity index (χ2n) is 10.6. The van der Waals surface area contributed by atoms with Crippen molar-refractivity contribution in [1.82, 2.24) is 9.55 Å². The van der Waals surface area contributed by atoms with Gasteiger partial charge in [0.1, 0.15) is 11.6 Å². The van der Waals surface area contributed by atoms with Crippen molar-refractivity contribution in [1.29, 1.82) is 0 Å². The maximum absolute atomic E-state index is 6.39. The van der Waals surface area contributed by atoms with E-state index in [-0.39, 0.29) is 16.2 Å². The average Bonchev–Trinajstić information content (AvgIpc) is 3.03. The normalized spacial score (nSPS) is 22.3. The summed E-state index contributed by atoms with van der Waals surface area (Å²) >= 11 is 0. The van der Waals surface area contributed by atoms with Crippen LogP contribution in [0, 0.1) is 5.41 Å². The SMILES string of the molecule is CC1(C)Oc2ccccc2-c2nc3cc4c(cc3n21)C(C)(C)C(C)(C)C4(C)C. The smallest absolute Gasteiger partial charge is 0.182 e. The first-order valence-corrected chi connectivity index (χ1v) is 10.3. The Bertz CT molecular complexity index is 1140. The first kappa shape index (κ1) is 17.8. The van der Waals surface area contributed by atoms with Gasteiger partial charge in [-0.1, -0.05) is 53.7 Å². The third-order valence-electron chi connectivity index (χ3n) is 8.29. The Kier molecular flexibility index (Phi) is 3.06. The van der Waals surface area contributed by atoms with Crippen LogP contribution in [0.5, 0.6) is 5.75 Å². The Labute approximate surface area is 167 Å². The lowest BCUT2D eigenvalue weighted by molar-refractivity contribution is 0.0306. The van der Waals surface area contributed by atoms with Crippen LogP contribution in [0.2, 0.25) is 0 Å². The second-order valence-corrected chi connectivity index (χ2v) is 10.6. The number of ether oxygens (including phenoxy) is 1. The van der Waals surface area contributed by atoms with Gasteiger partial charge in [-0.25, -0.2) is 4.98 Å². The zero-order valence-electron chi connectivity index (χ0n) is 18.3. The third-order valence-corrected chi connectivity index (χ3v) is 8.29. The van der Waals surface area contributed by atoms with E-state index < -0.39 is 5.72 Å². The molecule has 3 nitrogen and oxygen atoms in total. The van der Waals surface area contributed by atoms with Crippen LogP contribution < -0.4 is 4.74 Å². The number of para-hydroxylation sites is 1. The molecule has 1 aliphatic heterocycles. The van der Waals surface area contributed by atoms with Crippen molar-refractivity contribution in [3.05, 3.63) is 47.5 Å². The average molecular weight is 375 g/mol. The van der Waals surface area contributed by atoms with Gasteiger partial charge < -0.3 is 4.74 Å². The lowest BCUT2D eigenvalue weighted by Crippen LogP contribution is -2.42. The number of aromatic nitrogens is 2. The molecule has 0 fully saturated rings. The van der Waals surface area contributed by atoms with Crippen molar-refractivity contribution < 1.29 is 4.74 Å². The molecule has 2 aliphatic rings. The highest BCUT2D eigenvalue weighted by Crippen LogP contribution is 2.62. The van der Waals surface area contributed by atoms with E-state index in [2.05, 4.69) is 84.2 Å². The van der Waals surface area contributed by atoms with Gasteiger partial charge in [-0.3, -0.25) is 4.57 Å². The molecule has 0 spiro atoms. The molecule has 0 N–H and O–H groups in total. The molecule has 0 bridgehead atoms. The van der Waals surface area contributed by atoms with E-state index >= 15 is 0 Å². The summed E-state index contributed by atoms with van der Waals surface area (Å²) in [4.78, 5) is 5.11. The quantitative estimate of drug-likeness (QED) is 0.456. The maximum Gasteiger partial charge on any atom is 0.182 e. The van der Waals surface area contributed by atoms with Crippen LogP contribution in [0.4, 0.5) is 0 Å². The standard InChI is InChI=1S/C25H30N2O/c1-22(2)16-13-18-19(14-17(16)23(3,4)24(22,5)6)27-21(26-18)15-11-9-10-12-20(15)28-25(27,7)8/h9-14H,1-8H3. The number of imidazole rings is 1. The molecule has 0 radical (unpaired) electrons. The maximum atomic E-state index is 6.39. The molecule has 2 heterocycles. The Hall–Kier alpha value is -2.29. The van der Waals surface area contributed by atoms with Gasteiger partial charge in [-0.15, -0.1) is 0 Å². The van der Waals surface area contributed by atoms with Gasteiger partial charge in [-0.05, 0) is 65.5 Å². The van der Waals surface area contributed by atoms with E-state index in [1.165, 1.54) is 11.1 Å². The van der Waals surface area contributed by atoms with Crippen molar-refractivity contribution in [2.45, 2.75) is 71.9 Å². The van der Waals surface area contributed by atoms with E-state index in [1.807, 2.05) is 12.1 Å². The predicted molar refractivity (Wildman–Crippen MR) is 115 cm³/mol. The first-order chi connectivity index (χ1) is 12.9. The van der Waals surface area contributed by atoms with Gasteiger partial charge in [-0.2, -0.15) is 0 Å². The summed E-state index contributed by atoms with van der Waals surface area (Å²) in [5.41, 5.74) is 5.96. The summed E-state index contributed by atoms with van der Waals surface area (Å²) in [5, 5.41) is 0. The van der Waals surface area contributed by atoms with Crippen molar-refractivity contribution in [3.8, 4) is 17.1 Å². The number of benzene rings is 2.